The topological polar surface area (TPSA) is 81.5 Å². The van der Waals surface area contributed by atoms with Gasteiger partial charge in [-0.15, -0.1) is 11.6 Å². The Morgan fingerprint density at radius 1 is 1.50 bits per heavy atom. The highest BCUT2D eigenvalue weighted by Crippen LogP contribution is 2.11. The smallest absolute Gasteiger partial charge is 0.269 e. The third-order valence-electron chi connectivity index (χ3n) is 2.17. The number of carbonyl (C=O) groups is 1. The van der Waals surface area contributed by atoms with Crippen molar-refractivity contribution in [3.63, 3.8) is 0 Å². The third-order valence-corrected chi connectivity index (χ3v) is 2.45. The number of alkyl halides is 1. The van der Waals surface area contributed by atoms with Crippen LogP contribution in [0.25, 0.3) is 0 Å². The van der Waals surface area contributed by atoms with E-state index in [9.17, 15) is 14.9 Å². The number of nitro groups is 1. The molecule has 0 aromatic heterocycles. The normalized spacial score (nSPS) is 11.9. The van der Waals surface area contributed by atoms with Crippen molar-refractivity contribution in [1.29, 1.82) is 0 Å². The van der Waals surface area contributed by atoms with E-state index in [-0.39, 0.29) is 23.5 Å². The largest absolute Gasteiger partial charge is 0.383 e. The zero-order chi connectivity index (χ0) is 13.5. The van der Waals surface area contributed by atoms with Gasteiger partial charge < -0.3 is 10.1 Å². The van der Waals surface area contributed by atoms with Gasteiger partial charge in [-0.2, -0.15) is 0 Å². The number of amides is 1. The average Bonchev–Trinajstić information content (AvgIpc) is 2.36. The number of hydrogen-bond donors (Lipinski definition) is 1. The Kier molecular flexibility index (Phi) is 5.54. The van der Waals surface area contributed by atoms with E-state index in [4.69, 9.17) is 16.3 Å². The van der Waals surface area contributed by atoms with Crippen LogP contribution < -0.4 is 5.32 Å². The molecule has 0 spiro atoms. The molecule has 7 heteroatoms. The van der Waals surface area contributed by atoms with Gasteiger partial charge in [0, 0.05) is 31.4 Å². The zero-order valence-electron chi connectivity index (χ0n) is 9.76. The van der Waals surface area contributed by atoms with Gasteiger partial charge in [-0.25, -0.2) is 0 Å². The fourth-order valence-electron chi connectivity index (χ4n) is 1.28. The van der Waals surface area contributed by atoms with Crippen LogP contribution in [0.5, 0.6) is 0 Å². The number of halogens is 1. The second kappa shape index (κ2) is 6.93. The van der Waals surface area contributed by atoms with Crippen molar-refractivity contribution in [1.82, 2.24) is 5.32 Å². The van der Waals surface area contributed by atoms with Crippen molar-refractivity contribution in [2.24, 2.45) is 0 Å². The van der Waals surface area contributed by atoms with E-state index in [0.29, 0.717) is 12.2 Å². The molecule has 1 rings (SSSR count). The molecule has 0 aliphatic heterocycles. The standard InChI is InChI=1S/C11H13ClN2O4/c1-18-7-9(12)6-13-11(15)8-2-4-10(5-3-8)14(16)17/h2-5,9H,6-7H2,1H3,(H,13,15). The molecule has 6 nitrogen and oxygen atoms in total. The van der Waals surface area contributed by atoms with Gasteiger partial charge in [-0.1, -0.05) is 0 Å². The Morgan fingerprint density at radius 2 is 2.11 bits per heavy atom. The summed E-state index contributed by atoms with van der Waals surface area (Å²) in [6.07, 6.45) is 0. The molecule has 0 aliphatic carbocycles. The quantitative estimate of drug-likeness (QED) is 0.484. The fraction of sp³-hybridized carbons (Fsp3) is 0.364. The number of non-ortho nitro benzene ring substituents is 1. The van der Waals surface area contributed by atoms with Gasteiger partial charge in [-0.3, -0.25) is 14.9 Å². The molecule has 0 aliphatic rings. The molecule has 0 saturated heterocycles. The summed E-state index contributed by atoms with van der Waals surface area (Å²) in [4.78, 5) is 21.6. The summed E-state index contributed by atoms with van der Waals surface area (Å²) < 4.78 is 4.83. The molecular weight excluding hydrogens is 260 g/mol. The van der Waals surface area contributed by atoms with Gasteiger partial charge in [0.1, 0.15) is 0 Å². The molecule has 0 heterocycles. The van der Waals surface area contributed by atoms with Crippen LogP contribution in [-0.2, 0) is 4.74 Å². The van der Waals surface area contributed by atoms with Crippen molar-refractivity contribution >= 4 is 23.2 Å². The van der Waals surface area contributed by atoms with E-state index in [0.717, 1.165) is 0 Å². The third kappa shape index (κ3) is 4.31. The van der Waals surface area contributed by atoms with Gasteiger partial charge in [-0.05, 0) is 12.1 Å². The number of carbonyl (C=O) groups excluding carboxylic acids is 1. The molecule has 1 N–H and O–H groups in total. The highest BCUT2D eigenvalue weighted by Gasteiger charge is 2.11. The summed E-state index contributed by atoms with van der Waals surface area (Å²) in [7, 11) is 1.52. The predicted molar refractivity (Wildman–Crippen MR) is 66.9 cm³/mol. The fourth-order valence-corrected chi connectivity index (χ4v) is 1.48. The number of benzene rings is 1. The lowest BCUT2D eigenvalue weighted by Crippen LogP contribution is -2.31. The second-order valence-corrected chi connectivity index (χ2v) is 4.18. The summed E-state index contributed by atoms with van der Waals surface area (Å²) in [5.74, 6) is -0.327. The first-order valence-corrected chi connectivity index (χ1v) is 5.64. The number of hydrogen-bond acceptors (Lipinski definition) is 4. The maximum Gasteiger partial charge on any atom is 0.269 e. The number of ether oxygens (including phenoxy) is 1. The molecule has 1 aromatic rings. The number of nitrogens with zero attached hydrogens (tertiary/aromatic N) is 1. The summed E-state index contributed by atoms with van der Waals surface area (Å²) in [6, 6.07) is 5.35. The van der Waals surface area contributed by atoms with E-state index >= 15 is 0 Å². The van der Waals surface area contributed by atoms with E-state index in [1.54, 1.807) is 0 Å². The lowest BCUT2D eigenvalue weighted by Gasteiger charge is -2.09. The highest BCUT2D eigenvalue weighted by molar-refractivity contribution is 6.21. The molecule has 1 amide bonds. The average molecular weight is 273 g/mol. The number of nitro benzene ring substituents is 1. The van der Waals surface area contributed by atoms with Crippen LogP contribution >= 0.6 is 11.6 Å². The maximum atomic E-state index is 11.7. The van der Waals surface area contributed by atoms with E-state index in [1.807, 2.05) is 0 Å². The van der Waals surface area contributed by atoms with Crippen LogP contribution in [-0.4, -0.2) is 36.5 Å². The van der Waals surface area contributed by atoms with Crippen molar-refractivity contribution in [3.8, 4) is 0 Å². The first kappa shape index (κ1) is 14.4. The molecule has 0 bridgehead atoms. The summed E-state index contributed by atoms with van der Waals surface area (Å²) in [6.45, 7) is 0.604. The molecule has 0 saturated carbocycles. The second-order valence-electron chi connectivity index (χ2n) is 3.57. The van der Waals surface area contributed by atoms with Gasteiger partial charge in [0.25, 0.3) is 11.6 Å². The number of rotatable bonds is 6. The van der Waals surface area contributed by atoms with Crippen LogP contribution in [0, 0.1) is 10.1 Å². The Hall–Kier alpha value is -1.66. The van der Waals surface area contributed by atoms with Gasteiger partial charge in [0.05, 0.1) is 16.9 Å². The van der Waals surface area contributed by atoms with Crippen LogP contribution in [0.3, 0.4) is 0 Å². The molecule has 1 aromatic carbocycles. The van der Waals surface area contributed by atoms with Crippen molar-refractivity contribution in [2.75, 3.05) is 20.3 Å². The minimum atomic E-state index is -0.519. The molecule has 0 fully saturated rings. The minimum Gasteiger partial charge on any atom is -0.383 e. The van der Waals surface area contributed by atoms with Gasteiger partial charge in [0.2, 0.25) is 0 Å². The Bertz CT molecular complexity index is 422. The number of methoxy groups -OCH3 is 1. The van der Waals surface area contributed by atoms with Crippen molar-refractivity contribution < 1.29 is 14.5 Å². The Balaban J connectivity index is 2.54. The van der Waals surface area contributed by atoms with Crippen LogP contribution in [0.2, 0.25) is 0 Å². The lowest BCUT2D eigenvalue weighted by molar-refractivity contribution is -0.384. The Labute approximate surface area is 109 Å². The Morgan fingerprint density at radius 3 is 2.61 bits per heavy atom. The molecule has 98 valence electrons. The zero-order valence-corrected chi connectivity index (χ0v) is 10.5. The number of nitrogens with one attached hydrogen (secondary N) is 1. The van der Waals surface area contributed by atoms with Crippen LogP contribution in [0.1, 0.15) is 10.4 Å². The van der Waals surface area contributed by atoms with Crippen LogP contribution in [0.4, 0.5) is 5.69 Å². The molecule has 0 radical (unpaired) electrons. The minimum absolute atomic E-state index is 0.0545. The summed E-state index contributed by atoms with van der Waals surface area (Å²) in [5, 5.41) is 12.7. The molecule has 1 atom stereocenters. The highest BCUT2D eigenvalue weighted by atomic mass is 35.5. The van der Waals surface area contributed by atoms with E-state index in [2.05, 4.69) is 5.32 Å². The van der Waals surface area contributed by atoms with Crippen LogP contribution in [0.15, 0.2) is 24.3 Å². The molecular formula is C11H13ClN2O4. The molecule has 18 heavy (non-hydrogen) atoms. The van der Waals surface area contributed by atoms with E-state index < -0.39 is 4.92 Å². The summed E-state index contributed by atoms with van der Waals surface area (Å²) >= 11 is 5.85. The SMILES string of the molecule is COCC(Cl)CNC(=O)c1ccc([N+](=O)[O-])cc1. The monoisotopic (exact) mass is 272 g/mol. The van der Waals surface area contributed by atoms with Gasteiger partial charge >= 0.3 is 0 Å². The van der Waals surface area contributed by atoms with Crippen molar-refractivity contribution in [3.05, 3.63) is 39.9 Å². The molecule has 1 unspecified atom stereocenters. The van der Waals surface area contributed by atoms with Crippen molar-refractivity contribution in [2.45, 2.75) is 5.38 Å². The first-order valence-electron chi connectivity index (χ1n) is 5.20. The van der Waals surface area contributed by atoms with E-state index in [1.165, 1.54) is 31.4 Å². The van der Waals surface area contributed by atoms with Gasteiger partial charge in [0.15, 0.2) is 0 Å². The first-order chi connectivity index (χ1) is 8.54. The summed E-state index contributed by atoms with van der Waals surface area (Å²) in [5.41, 5.74) is 0.294. The lowest BCUT2D eigenvalue weighted by atomic mass is 10.2. The maximum absolute atomic E-state index is 11.7. The predicted octanol–water partition coefficient (Wildman–Crippen LogP) is 1.58.